The van der Waals surface area contributed by atoms with Crippen LogP contribution in [0.3, 0.4) is 0 Å². The van der Waals surface area contributed by atoms with Crippen LogP contribution >= 0.6 is 0 Å². The standard InChI is InChI=1S/C21H24N2O6/c1-27-20(25)18(22)10-11-23-21(26)29-17-9-5-8-16(12-17)13-19(24)28-14-15-6-3-2-4-7-15/h2-9,12,18H,10-11,13-14,22H2,1H3,(H,23,26)/t18-/m0/s1. The number of nitrogens with one attached hydrogen (secondary N) is 1. The smallest absolute Gasteiger partial charge is 0.412 e. The molecule has 0 bridgehead atoms. The normalized spacial score (nSPS) is 11.2. The van der Waals surface area contributed by atoms with Crippen LogP contribution in [0.2, 0.25) is 0 Å². The maximum Gasteiger partial charge on any atom is 0.412 e. The molecule has 0 aliphatic heterocycles. The first kappa shape index (κ1) is 21.9. The van der Waals surface area contributed by atoms with Crippen LogP contribution in [0.1, 0.15) is 17.5 Å². The van der Waals surface area contributed by atoms with Crippen LogP contribution in [-0.2, 0) is 32.1 Å². The molecule has 0 unspecified atom stereocenters. The zero-order valence-electron chi connectivity index (χ0n) is 16.1. The Balaban J connectivity index is 1.77. The lowest BCUT2D eigenvalue weighted by Crippen LogP contribution is -2.37. The predicted octanol–water partition coefficient (Wildman–Crippen LogP) is 1.95. The van der Waals surface area contributed by atoms with Gasteiger partial charge in [-0.05, 0) is 29.7 Å². The molecule has 8 nitrogen and oxygen atoms in total. The molecule has 0 fully saturated rings. The van der Waals surface area contributed by atoms with Gasteiger partial charge in [0.05, 0.1) is 13.5 Å². The molecule has 0 radical (unpaired) electrons. The summed E-state index contributed by atoms with van der Waals surface area (Å²) in [5.74, 6) is -0.646. The fourth-order valence-electron chi connectivity index (χ4n) is 2.42. The summed E-state index contributed by atoms with van der Waals surface area (Å²) >= 11 is 0. The molecule has 1 atom stereocenters. The number of carbonyl (C=O) groups is 3. The van der Waals surface area contributed by atoms with Crippen molar-refractivity contribution in [3.8, 4) is 5.75 Å². The van der Waals surface area contributed by atoms with E-state index in [-0.39, 0.29) is 37.7 Å². The lowest BCUT2D eigenvalue weighted by Gasteiger charge is -2.11. The van der Waals surface area contributed by atoms with Crippen molar-refractivity contribution in [2.75, 3.05) is 13.7 Å². The molecule has 2 aromatic carbocycles. The summed E-state index contributed by atoms with van der Waals surface area (Å²) in [5, 5.41) is 2.50. The van der Waals surface area contributed by atoms with Crippen LogP contribution < -0.4 is 15.8 Å². The van der Waals surface area contributed by atoms with E-state index in [1.54, 1.807) is 24.3 Å². The zero-order valence-corrected chi connectivity index (χ0v) is 16.1. The summed E-state index contributed by atoms with van der Waals surface area (Å²) in [6, 6.07) is 15.2. The summed E-state index contributed by atoms with van der Waals surface area (Å²) in [5.41, 5.74) is 7.14. The Labute approximate surface area is 168 Å². The maximum atomic E-state index is 12.0. The van der Waals surface area contributed by atoms with Crippen molar-refractivity contribution in [2.24, 2.45) is 5.73 Å². The Kier molecular flexibility index (Phi) is 8.65. The molecule has 0 aromatic heterocycles. The van der Waals surface area contributed by atoms with E-state index in [0.29, 0.717) is 5.56 Å². The molecular weight excluding hydrogens is 376 g/mol. The predicted molar refractivity (Wildman–Crippen MR) is 105 cm³/mol. The van der Waals surface area contributed by atoms with Gasteiger partial charge < -0.3 is 25.3 Å². The summed E-state index contributed by atoms with van der Waals surface area (Å²) in [4.78, 5) is 35.1. The quantitative estimate of drug-likeness (QED) is 0.618. The molecule has 0 heterocycles. The molecule has 1 amide bonds. The number of rotatable bonds is 9. The first-order valence-corrected chi connectivity index (χ1v) is 9.05. The number of ether oxygens (including phenoxy) is 3. The van der Waals surface area contributed by atoms with Crippen molar-refractivity contribution in [3.05, 3.63) is 65.7 Å². The number of amides is 1. The highest BCUT2D eigenvalue weighted by atomic mass is 16.6. The van der Waals surface area contributed by atoms with Crippen molar-refractivity contribution in [2.45, 2.75) is 25.5 Å². The van der Waals surface area contributed by atoms with E-state index < -0.39 is 18.1 Å². The third-order valence-electron chi connectivity index (χ3n) is 3.93. The Morgan fingerprint density at radius 2 is 1.76 bits per heavy atom. The minimum atomic E-state index is -0.814. The van der Waals surface area contributed by atoms with E-state index in [4.69, 9.17) is 15.2 Å². The molecule has 8 heteroatoms. The minimum Gasteiger partial charge on any atom is -0.468 e. The number of hydrogen-bond acceptors (Lipinski definition) is 7. The summed E-state index contributed by atoms with van der Waals surface area (Å²) in [7, 11) is 1.24. The maximum absolute atomic E-state index is 12.0. The Morgan fingerprint density at radius 3 is 2.48 bits per heavy atom. The van der Waals surface area contributed by atoms with Gasteiger partial charge in [0.2, 0.25) is 0 Å². The Hall–Kier alpha value is -3.39. The largest absolute Gasteiger partial charge is 0.468 e. The molecule has 3 N–H and O–H groups in total. The molecule has 154 valence electrons. The van der Waals surface area contributed by atoms with Crippen LogP contribution in [0.4, 0.5) is 4.79 Å². The highest BCUT2D eigenvalue weighted by Crippen LogP contribution is 2.15. The van der Waals surface area contributed by atoms with Gasteiger partial charge in [-0.15, -0.1) is 0 Å². The molecular formula is C21H24N2O6. The summed E-state index contributed by atoms with van der Waals surface area (Å²) in [6.07, 6.45) is -0.416. The van der Waals surface area contributed by atoms with Gasteiger partial charge in [0, 0.05) is 6.54 Å². The number of nitrogens with two attached hydrogens (primary N) is 1. The fourth-order valence-corrected chi connectivity index (χ4v) is 2.42. The van der Waals surface area contributed by atoms with Gasteiger partial charge in [0.15, 0.2) is 0 Å². The first-order valence-electron chi connectivity index (χ1n) is 9.05. The van der Waals surface area contributed by atoms with Crippen LogP contribution in [0.25, 0.3) is 0 Å². The average Bonchev–Trinajstić information content (AvgIpc) is 2.72. The molecule has 0 saturated carbocycles. The second kappa shape index (κ2) is 11.5. The van der Waals surface area contributed by atoms with E-state index in [1.807, 2.05) is 30.3 Å². The molecule has 0 aliphatic carbocycles. The lowest BCUT2D eigenvalue weighted by molar-refractivity contribution is -0.144. The SMILES string of the molecule is COC(=O)[C@@H](N)CCNC(=O)Oc1cccc(CC(=O)OCc2ccccc2)c1. The Morgan fingerprint density at radius 1 is 1.03 bits per heavy atom. The lowest BCUT2D eigenvalue weighted by atomic mass is 10.1. The highest BCUT2D eigenvalue weighted by molar-refractivity contribution is 5.75. The van der Waals surface area contributed by atoms with Crippen LogP contribution in [0.15, 0.2) is 54.6 Å². The number of methoxy groups -OCH3 is 1. The van der Waals surface area contributed by atoms with Crippen LogP contribution in [0, 0.1) is 0 Å². The van der Waals surface area contributed by atoms with Gasteiger partial charge in [-0.2, -0.15) is 0 Å². The molecule has 0 saturated heterocycles. The van der Waals surface area contributed by atoms with E-state index in [0.717, 1.165) is 5.56 Å². The first-order chi connectivity index (χ1) is 14.0. The second-order valence-corrected chi connectivity index (χ2v) is 6.21. The van der Waals surface area contributed by atoms with Crippen molar-refractivity contribution in [3.63, 3.8) is 0 Å². The van der Waals surface area contributed by atoms with Crippen molar-refractivity contribution < 1.29 is 28.6 Å². The molecule has 0 aliphatic rings. The zero-order chi connectivity index (χ0) is 21.1. The third kappa shape index (κ3) is 8.02. The van der Waals surface area contributed by atoms with Crippen molar-refractivity contribution in [1.29, 1.82) is 0 Å². The third-order valence-corrected chi connectivity index (χ3v) is 3.93. The molecule has 29 heavy (non-hydrogen) atoms. The van der Waals surface area contributed by atoms with E-state index >= 15 is 0 Å². The van der Waals surface area contributed by atoms with Gasteiger partial charge in [0.25, 0.3) is 0 Å². The molecule has 0 spiro atoms. The van der Waals surface area contributed by atoms with Gasteiger partial charge >= 0.3 is 18.0 Å². The minimum absolute atomic E-state index is 0.0552. The monoisotopic (exact) mass is 400 g/mol. The van der Waals surface area contributed by atoms with E-state index in [9.17, 15) is 14.4 Å². The van der Waals surface area contributed by atoms with Crippen molar-refractivity contribution in [1.82, 2.24) is 5.32 Å². The fraction of sp³-hybridized carbons (Fsp3) is 0.286. The van der Waals surface area contributed by atoms with Crippen LogP contribution in [0.5, 0.6) is 5.75 Å². The van der Waals surface area contributed by atoms with Gasteiger partial charge in [-0.1, -0.05) is 42.5 Å². The topological polar surface area (TPSA) is 117 Å². The molecule has 2 aromatic rings. The average molecular weight is 400 g/mol. The van der Waals surface area contributed by atoms with Gasteiger partial charge in [0.1, 0.15) is 18.4 Å². The number of carbonyl (C=O) groups excluding carboxylic acids is 3. The van der Waals surface area contributed by atoms with Crippen LogP contribution in [-0.4, -0.2) is 37.7 Å². The number of esters is 2. The molecule has 2 rings (SSSR count). The van der Waals surface area contributed by atoms with Crippen molar-refractivity contribution >= 4 is 18.0 Å². The van der Waals surface area contributed by atoms with Gasteiger partial charge in [-0.25, -0.2) is 4.79 Å². The summed E-state index contributed by atoms with van der Waals surface area (Å²) in [6.45, 7) is 0.354. The second-order valence-electron chi connectivity index (χ2n) is 6.21. The van der Waals surface area contributed by atoms with E-state index in [1.165, 1.54) is 7.11 Å². The summed E-state index contributed by atoms with van der Waals surface area (Å²) < 4.78 is 14.9. The highest BCUT2D eigenvalue weighted by Gasteiger charge is 2.14. The Bertz CT molecular complexity index is 825. The van der Waals surface area contributed by atoms with Gasteiger partial charge in [-0.3, -0.25) is 9.59 Å². The number of hydrogen-bond donors (Lipinski definition) is 2. The number of benzene rings is 2. The van der Waals surface area contributed by atoms with E-state index in [2.05, 4.69) is 10.1 Å².